The van der Waals surface area contributed by atoms with Crippen LogP contribution in [0.5, 0.6) is 11.5 Å². The van der Waals surface area contributed by atoms with Crippen molar-refractivity contribution in [1.82, 2.24) is 4.98 Å². The molecule has 6 nitrogen and oxygen atoms in total. The van der Waals surface area contributed by atoms with Crippen LogP contribution >= 0.6 is 11.3 Å². The largest absolute Gasteiger partial charge is 0.495 e. The molecule has 1 aliphatic rings. The number of rotatable bonds is 6. The first-order chi connectivity index (χ1) is 11.7. The zero-order chi connectivity index (χ0) is 17.1. The van der Waals surface area contributed by atoms with Crippen molar-refractivity contribution < 1.29 is 19.0 Å². The van der Waals surface area contributed by atoms with Crippen molar-refractivity contribution in [3.8, 4) is 11.5 Å². The van der Waals surface area contributed by atoms with Crippen molar-refractivity contribution >= 4 is 32.6 Å². The van der Waals surface area contributed by atoms with E-state index in [2.05, 4.69) is 4.98 Å². The molecule has 0 bridgehead atoms. The number of methoxy groups -OCH3 is 2. The highest BCUT2D eigenvalue weighted by atomic mass is 32.1. The smallest absolute Gasteiger partial charge is 0.228 e. The summed E-state index contributed by atoms with van der Waals surface area (Å²) in [7, 11) is 3.24. The summed E-state index contributed by atoms with van der Waals surface area (Å²) in [4.78, 5) is 18.9. The minimum Gasteiger partial charge on any atom is -0.495 e. The molecule has 7 heteroatoms. The van der Waals surface area contributed by atoms with Crippen LogP contribution < -0.4 is 14.4 Å². The minimum absolute atomic E-state index is 0.0440. The first kappa shape index (κ1) is 17.0. The first-order valence-corrected chi connectivity index (χ1v) is 8.93. The zero-order valence-corrected chi connectivity index (χ0v) is 15.0. The van der Waals surface area contributed by atoms with Gasteiger partial charge in [-0.2, -0.15) is 0 Å². The Morgan fingerprint density at radius 3 is 2.75 bits per heavy atom. The second kappa shape index (κ2) is 7.36. The van der Waals surface area contributed by atoms with E-state index in [1.165, 1.54) is 11.3 Å². The first-order valence-electron chi connectivity index (χ1n) is 8.11. The summed E-state index contributed by atoms with van der Waals surface area (Å²) in [5.41, 5.74) is 0.720. The van der Waals surface area contributed by atoms with Crippen LogP contribution in [-0.4, -0.2) is 44.4 Å². The van der Waals surface area contributed by atoms with Crippen LogP contribution in [0.15, 0.2) is 12.1 Å². The third-order valence-corrected chi connectivity index (χ3v) is 5.24. The van der Waals surface area contributed by atoms with Crippen LogP contribution in [-0.2, 0) is 9.53 Å². The number of carbonyl (C=O) groups excluding carboxylic acids is 1. The van der Waals surface area contributed by atoms with E-state index in [9.17, 15) is 4.79 Å². The van der Waals surface area contributed by atoms with E-state index >= 15 is 0 Å². The van der Waals surface area contributed by atoms with Crippen LogP contribution in [0.1, 0.15) is 26.2 Å². The maximum Gasteiger partial charge on any atom is 0.228 e. The molecule has 0 aliphatic carbocycles. The van der Waals surface area contributed by atoms with Gasteiger partial charge in [0.2, 0.25) is 5.91 Å². The van der Waals surface area contributed by atoms with Crippen molar-refractivity contribution in [2.24, 2.45) is 0 Å². The predicted molar refractivity (Wildman–Crippen MR) is 94.3 cm³/mol. The number of thiazole rings is 1. The third-order valence-electron chi connectivity index (χ3n) is 4.14. The molecule has 2 heterocycles. The summed E-state index contributed by atoms with van der Waals surface area (Å²) in [5.74, 6) is 1.45. The quantitative estimate of drug-likeness (QED) is 0.800. The van der Waals surface area contributed by atoms with Gasteiger partial charge in [-0.15, -0.1) is 0 Å². The topological polar surface area (TPSA) is 60.9 Å². The Kier molecular flexibility index (Phi) is 5.20. The lowest BCUT2D eigenvalue weighted by Crippen LogP contribution is -2.37. The molecule has 1 fully saturated rings. The minimum atomic E-state index is 0.0440. The normalized spacial score (nSPS) is 17.2. The highest BCUT2D eigenvalue weighted by molar-refractivity contribution is 7.22. The molecule has 1 aromatic heterocycles. The van der Waals surface area contributed by atoms with Gasteiger partial charge in [-0.3, -0.25) is 9.69 Å². The molecular formula is C17H22N2O4S. The molecule has 0 radical (unpaired) electrons. The number of fused-ring (bicyclic) bond motifs is 1. The second-order valence-corrected chi connectivity index (χ2v) is 6.61. The number of nitrogens with zero attached hydrogens (tertiary/aromatic N) is 2. The molecule has 0 unspecified atom stereocenters. The SMILES string of the molecule is CCC(=O)N(C[C@H]1CCCO1)c1nc2c(OC)ccc(OC)c2s1. The number of aromatic nitrogens is 1. The van der Waals surface area contributed by atoms with Gasteiger partial charge in [0.15, 0.2) is 5.13 Å². The van der Waals surface area contributed by atoms with Crippen LogP contribution in [0.2, 0.25) is 0 Å². The number of amides is 1. The standard InChI is InChI=1S/C17H22N2O4S/c1-4-14(20)19(10-11-6-5-9-23-11)17-18-15-12(21-2)7-8-13(22-3)16(15)24-17/h7-8,11H,4-6,9-10H2,1-3H3/t11-/m1/s1. The fourth-order valence-electron chi connectivity index (χ4n) is 2.86. The monoisotopic (exact) mass is 350 g/mol. The molecule has 0 saturated carbocycles. The molecule has 0 N–H and O–H groups in total. The van der Waals surface area contributed by atoms with E-state index in [4.69, 9.17) is 14.2 Å². The van der Waals surface area contributed by atoms with Gasteiger partial charge in [0.25, 0.3) is 0 Å². The number of hydrogen-bond donors (Lipinski definition) is 0. The van der Waals surface area contributed by atoms with Crippen molar-refractivity contribution in [2.45, 2.75) is 32.3 Å². The Balaban J connectivity index is 2.01. The second-order valence-electron chi connectivity index (χ2n) is 5.64. The van der Waals surface area contributed by atoms with E-state index in [1.54, 1.807) is 19.1 Å². The van der Waals surface area contributed by atoms with E-state index in [0.717, 1.165) is 35.4 Å². The van der Waals surface area contributed by atoms with Crippen molar-refractivity contribution in [3.05, 3.63) is 12.1 Å². The van der Waals surface area contributed by atoms with E-state index in [1.807, 2.05) is 19.1 Å². The number of benzene rings is 1. The molecule has 0 spiro atoms. The lowest BCUT2D eigenvalue weighted by molar-refractivity contribution is -0.118. The lowest BCUT2D eigenvalue weighted by Gasteiger charge is -2.22. The van der Waals surface area contributed by atoms with Gasteiger partial charge >= 0.3 is 0 Å². The summed E-state index contributed by atoms with van der Waals surface area (Å²) < 4.78 is 17.4. The summed E-state index contributed by atoms with van der Waals surface area (Å²) >= 11 is 1.45. The number of carbonyl (C=O) groups is 1. The highest BCUT2D eigenvalue weighted by Crippen LogP contribution is 2.40. The Labute approximate surface area is 145 Å². The van der Waals surface area contributed by atoms with Crippen LogP contribution in [0, 0.1) is 0 Å². The van der Waals surface area contributed by atoms with Gasteiger partial charge in [-0.1, -0.05) is 18.3 Å². The molecule has 130 valence electrons. The maximum atomic E-state index is 12.5. The molecule has 1 aliphatic heterocycles. The van der Waals surface area contributed by atoms with Gasteiger partial charge in [-0.25, -0.2) is 4.98 Å². The van der Waals surface area contributed by atoms with Gasteiger partial charge < -0.3 is 14.2 Å². The van der Waals surface area contributed by atoms with Crippen LogP contribution in [0.4, 0.5) is 5.13 Å². The van der Waals surface area contributed by atoms with Crippen LogP contribution in [0.25, 0.3) is 10.2 Å². The van der Waals surface area contributed by atoms with Crippen molar-refractivity contribution in [1.29, 1.82) is 0 Å². The van der Waals surface area contributed by atoms with Crippen molar-refractivity contribution in [2.75, 3.05) is 32.3 Å². The molecule has 24 heavy (non-hydrogen) atoms. The van der Waals surface area contributed by atoms with Crippen LogP contribution in [0.3, 0.4) is 0 Å². The molecule has 1 saturated heterocycles. The summed E-state index contributed by atoms with van der Waals surface area (Å²) in [6, 6.07) is 3.69. The summed E-state index contributed by atoms with van der Waals surface area (Å²) in [6.45, 7) is 3.16. The van der Waals surface area contributed by atoms with Crippen molar-refractivity contribution in [3.63, 3.8) is 0 Å². The summed E-state index contributed by atoms with van der Waals surface area (Å²) in [5, 5.41) is 0.662. The Hall–Kier alpha value is -1.86. The Morgan fingerprint density at radius 2 is 2.12 bits per heavy atom. The predicted octanol–water partition coefficient (Wildman–Crippen LogP) is 3.24. The van der Waals surface area contributed by atoms with Gasteiger partial charge in [0.05, 0.1) is 26.9 Å². The Bertz CT molecular complexity index is 684. The molecule has 1 amide bonds. The lowest BCUT2D eigenvalue weighted by atomic mass is 10.2. The van der Waals surface area contributed by atoms with Gasteiger partial charge in [0.1, 0.15) is 21.7 Å². The highest BCUT2D eigenvalue weighted by Gasteiger charge is 2.26. The molecular weight excluding hydrogens is 328 g/mol. The molecule has 1 aromatic carbocycles. The Morgan fingerprint density at radius 1 is 1.38 bits per heavy atom. The van der Waals surface area contributed by atoms with E-state index in [-0.39, 0.29) is 12.0 Å². The molecule has 1 atom stereocenters. The number of anilines is 1. The number of hydrogen-bond acceptors (Lipinski definition) is 6. The fraction of sp³-hybridized carbons (Fsp3) is 0.529. The third kappa shape index (κ3) is 3.18. The van der Waals surface area contributed by atoms with Gasteiger partial charge in [-0.05, 0) is 25.0 Å². The zero-order valence-electron chi connectivity index (χ0n) is 14.2. The molecule has 3 rings (SSSR count). The fourth-order valence-corrected chi connectivity index (χ4v) is 3.96. The average molecular weight is 350 g/mol. The molecule has 2 aromatic rings. The van der Waals surface area contributed by atoms with E-state index in [0.29, 0.717) is 23.8 Å². The summed E-state index contributed by atoms with van der Waals surface area (Å²) in [6.07, 6.45) is 2.53. The number of ether oxygens (including phenoxy) is 3. The van der Waals surface area contributed by atoms with E-state index < -0.39 is 0 Å². The maximum absolute atomic E-state index is 12.5. The average Bonchev–Trinajstić information content (AvgIpc) is 3.27. The van der Waals surface area contributed by atoms with Gasteiger partial charge in [0, 0.05) is 13.0 Å².